The monoisotopic (exact) mass is 349 g/mol. The fourth-order valence-corrected chi connectivity index (χ4v) is 2.04. The molecule has 21 heavy (non-hydrogen) atoms. The van der Waals surface area contributed by atoms with Gasteiger partial charge in [-0.15, -0.1) is 0 Å². The van der Waals surface area contributed by atoms with Crippen molar-refractivity contribution in [2.75, 3.05) is 5.32 Å². The van der Waals surface area contributed by atoms with Crippen LogP contribution in [0.15, 0.2) is 47.2 Å². The zero-order chi connectivity index (χ0) is 15.2. The van der Waals surface area contributed by atoms with Crippen LogP contribution in [0.5, 0.6) is 0 Å². The van der Waals surface area contributed by atoms with Gasteiger partial charge in [-0.2, -0.15) is 0 Å². The van der Waals surface area contributed by atoms with Crippen LogP contribution < -0.4 is 10.6 Å². The van der Waals surface area contributed by atoms with Crippen LogP contribution in [0.1, 0.15) is 15.9 Å². The lowest BCUT2D eigenvalue weighted by molar-refractivity contribution is 0.0696. The van der Waals surface area contributed by atoms with Crippen molar-refractivity contribution in [2.24, 2.45) is 0 Å². The standard InChI is InChI=1S/C14H12BrN3O3/c15-12-2-1-10(7-11(12)13(19)20)18-14(21)17-8-9-3-5-16-6-4-9/h1-7H,8H2,(H,19,20)(H2,17,18,21). The molecule has 6 nitrogen and oxygen atoms in total. The maximum atomic E-state index is 11.8. The predicted octanol–water partition coefficient (Wildman–Crippen LogP) is 2.86. The summed E-state index contributed by atoms with van der Waals surface area (Å²) in [6, 6.07) is 7.75. The lowest BCUT2D eigenvalue weighted by atomic mass is 10.2. The van der Waals surface area contributed by atoms with Gasteiger partial charge in [0.15, 0.2) is 0 Å². The highest BCUT2D eigenvalue weighted by atomic mass is 79.9. The molecule has 0 bridgehead atoms. The Morgan fingerprint density at radius 2 is 1.90 bits per heavy atom. The first kappa shape index (κ1) is 15.0. The first-order valence-electron chi connectivity index (χ1n) is 6.03. The number of amides is 2. The molecule has 2 aromatic rings. The van der Waals surface area contributed by atoms with Crippen LogP contribution in [0.4, 0.5) is 10.5 Å². The van der Waals surface area contributed by atoms with Crippen LogP contribution in [0, 0.1) is 0 Å². The van der Waals surface area contributed by atoms with Crippen molar-refractivity contribution in [1.29, 1.82) is 0 Å². The maximum absolute atomic E-state index is 11.8. The summed E-state index contributed by atoms with van der Waals surface area (Å²) in [5, 5.41) is 14.3. The summed E-state index contributed by atoms with van der Waals surface area (Å²) in [6.07, 6.45) is 3.28. The Balaban J connectivity index is 1.97. The van der Waals surface area contributed by atoms with Gasteiger partial charge in [0.2, 0.25) is 0 Å². The number of anilines is 1. The fourth-order valence-electron chi connectivity index (χ4n) is 1.63. The normalized spacial score (nSPS) is 9.95. The molecular weight excluding hydrogens is 338 g/mol. The molecule has 0 aliphatic heterocycles. The number of benzene rings is 1. The van der Waals surface area contributed by atoms with Crippen LogP contribution >= 0.6 is 15.9 Å². The Morgan fingerprint density at radius 1 is 1.19 bits per heavy atom. The van der Waals surface area contributed by atoms with Gasteiger partial charge in [0, 0.05) is 29.1 Å². The Bertz CT molecular complexity index is 662. The highest BCUT2D eigenvalue weighted by Gasteiger charge is 2.10. The van der Waals surface area contributed by atoms with Gasteiger partial charge in [-0.25, -0.2) is 9.59 Å². The van der Waals surface area contributed by atoms with Gasteiger partial charge in [-0.05, 0) is 51.8 Å². The molecule has 7 heteroatoms. The van der Waals surface area contributed by atoms with Gasteiger partial charge in [0.1, 0.15) is 0 Å². The Labute approximate surface area is 129 Å². The van der Waals surface area contributed by atoms with Crippen molar-refractivity contribution >= 4 is 33.6 Å². The molecule has 108 valence electrons. The minimum Gasteiger partial charge on any atom is -0.478 e. The van der Waals surface area contributed by atoms with Crippen molar-refractivity contribution in [3.63, 3.8) is 0 Å². The van der Waals surface area contributed by atoms with E-state index < -0.39 is 12.0 Å². The molecule has 0 fully saturated rings. The minimum absolute atomic E-state index is 0.0851. The van der Waals surface area contributed by atoms with Crippen molar-refractivity contribution in [3.8, 4) is 0 Å². The quantitative estimate of drug-likeness (QED) is 0.791. The number of pyridine rings is 1. The van der Waals surface area contributed by atoms with Gasteiger partial charge in [0.05, 0.1) is 5.56 Å². The number of nitrogens with one attached hydrogen (secondary N) is 2. The second-order valence-corrected chi connectivity index (χ2v) is 5.02. The lowest BCUT2D eigenvalue weighted by Crippen LogP contribution is -2.28. The fraction of sp³-hybridized carbons (Fsp3) is 0.0714. The molecular formula is C14H12BrN3O3. The number of aromatic carboxylic acids is 1. The Morgan fingerprint density at radius 3 is 2.57 bits per heavy atom. The third-order valence-corrected chi connectivity index (χ3v) is 3.35. The summed E-state index contributed by atoms with van der Waals surface area (Å²) in [5.74, 6) is -1.07. The highest BCUT2D eigenvalue weighted by molar-refractivity contribution is 9.10. The number of hydrogen-bond acceptors (Lipinski definition) is 3. The van der Waals surface area contributed by atoms with E-state index in [4.69, 9.17) is 5.11 Å². The zero-order valence-electron chi connectivity index (χ0n) is 10.8. The van der Waals surface area contributed by atoms with Crippen LogP contribution in [0.3, 0.4) is 0 Å². The van der Waals surface area contributed by atoms with E-state index >= 15 is 0 Å². The van der Waals surface area contributed by atoms with E-state index in [1.165, 1.54) is 6.07 Å². The summed E-state index contributed by atoms with van der Waals surface area (Å²) in [6.45, 7) is 0.358. The number of carbonyl (C=O) groups is 2. The minimum atomic E-state index is -1.07. The van der Waals surface area contributed by atoms with Crippen LogP contribution in [0.25, 0.3) is 0 Å². The molecule has 0 aliphatic carbocycles. The third-order valence-electron chi connectivity index (χ3n) is 2.66. The number of carboxylic acid groups (broad SMARTS) is 1. The van der Waals surface area contributed by atoms with Gasteiger partial charge >= 0.3 is 12.0 Å². The molecule has 0 saturated carbocycles. The van der Waals surface area contributed by atoms with E-state index in [2.05, 4.69) is 31.5 Å². The number of urea groups is 1. The number of carboxylic acids is 1. The van der Waals surface area contributed by atoms with Gasteiger partial charge in [0.25, 0.3) is 0 Å². The molecule has 0 atom stereocenters. The number of nitrogens with zero attached hydrogens (tertiary/aromatic N) is 1. The lowest BCUT2D eigenvalue weighted by Gasteiger charge is -2.09. The molecule has 1 aromatic carbocycles. The van der Waals surface area contributed by atoms with E-state index in [1.807, 2.05) is 0 Å². The Kier molecular flexibility index (Phi) is 4.89. The van der Waals surface area contributed by atoms with Gasteiger partial charge < -0.3 is 15.7 Å². The molecule has 1 heterocycles. The summed E-state index contributed by atoms with van der Waals surface area (Å²) in [5.41, 5.74) is 1.41. The summed E-state index contributed by atoms with van der Waals surface area (Å²) in [4.78, 5) is 26.6. The molecule has 2 amide bonds. The summed E-state index contributed by atoms with van der Waals surface area (Å²) < 4.78 is 0.456. The summed E-state index contributed by atoms with van der Waals surface area (Å²) >= 11 is 3.14. The SMILES string of the molecule is O=C(NCc1ccncc1)Nc1ccc(Br)c(C(=O)O)c1. The first-order valence-corrected chi connectivity index (χ1v) is 6.82. The molecule has 0 spiro atoms. The number of hydrogen-bond donors (Lipinski definition) is 3. The summed E-state index contributed by atoms with van der Waals surface area (Å²) in [7, 11) is 0. The molecule has 1 aromatic heterocycles. The molecule has 0 unspecified atom stereocenters. The molecule has 0 aliphatic rings. The topological polar surface area (TPSA) is 91.3 Å². The highest BCUT2D eigenvalue weighted by Crippen LogP contribution is 2.21. The average Bonchev–Trinajstić information content (AvgIpc) is 2.48. The third kappa shape index (κ3) is 4.28. The van der Waals surface area contributed by atoms with Crippen molar-refractivity contribution < 1.29 is 14.7 Å². The van der Waals surface area contributed by atoms with E-state index in [9.17, 15) is 9.59 Å². The molecule has 0 saturated heterocycles. The number of aromatic nitrogens is 1. The smallest absolute Gasteiger partial charge is 0.336 e. The van der Waals surface area contributed by atoms with E-state index in [0.29, 0.717) is 16.7 Å². The zero-order valence-corrected chi connectivity index (χ0v) is 12.4. The molecule has 2 rings (SSSR count). The average molecular weight is 350 g/mol. The maximum Gasteiger partial charge on any atom is 0.336 e. The molecule has 3 N–H and O–H groups in total. The predicted molar refractivity (Wildman–Crippen MR) is 81.2 cm³/mol. The van der Waals surface area contributed by atoms with Crippen LogP contribution in [0.2, 0.25) is 0 Å². The van der Waals surface area contributed by atoms with Gasteiger partial charge in [-0.3, -0.25) is 4.98 Å². The van der Waals surface area contributed by atoms with E-state index in [1.54, 1.807) is 36.7 Å². The van der Waals surface area contributed by atoms with Crippen molar-refractivity contribution in [3.05, 3.63) is 58.3 Å². The largest absolute Gasteiger partial charge is 0.478 e. The Hall–Kier alpha value is -2.41. The van der Waals surface area contributed by atoms with Crippen molar-refractivity contribution in [2.45, 2.75) is 6.54 Å². The van der Waals surface area contributed by atoms with Crippen LogP contribution in [-0.2, 0) is 6.54 Å². The van der Waals surface area contributed by atoms with E-state index in [0.717, 1.165) is 5.56 Å². The van der Waals surface area contributed by atoms with E-state index in [-0.39, 0.29) is 5.56 Å². The van der Waals surface area contributed by atoms with Gasteiger partial charge in [-0.1, -0.05) is 0 Å². The number of halogens is 1. The molecule has 0 radical (unpaired) electrons. The second-order valence-electron chi connectivity index (χ2n) is 4.16. The number of carbonyl (C=O) groups excluding carboxylic acids is 1. The van der Waals surface area contributed by atoms with Crippen LogP contribution in [-0.4, -0.2) is 22.1 Å². The van der Waals surface area contributed by atoms with Crippen molar-refractivity contribution in [1.82, 2.24) is 10.3 Å². The second kappa shape index (κ2) is 6.85. The number of rotatable bonds is 4. The first-order chi connectivity index (χ1) is 10.1.